The van der Waals surface area contributed by atoms with Crippen LogP contribution in [0, 0.1) is 0 Å². The normalized spacial score (nSPS) is 20.8. The van der Waals surface area contributed by atoms with Crippen molar-refractivity contribution in [3.63, 3.8) is 0 Å². The molecule has 246 valence electrons. The van der Waals surface area contributed by atoms with Gasteiger partial charge in [0.05, 0.1) is 17.1 Å². The first-order valence-corrected chi connectivity index (χ1v) is 16.0. The Hall–Kier alpha value is -4.27. The SMILES string of the molecule is CC(C)(O/N=C(\C(=O)NC1C(=O)N2CC(SCCNC(=O)C(=O)c3cc(O)c(O)cc3Cl)(C(=O)O)S[C@H]12)c1csc(N)n1)C(=O)O. The third-order valence-electron chi connectivity index (χ3n) is 6.54. The number of nitrogens with one attached hydrogen (secondary N) is 2. The molecular formula is C25H25ClN6O11S3. The lowest BCUT2D eigenvalue weighted by Crippen LogP contribution is -2.68. The summed E-state index contributed by atoms with van der Waals surface area (Å²) in [6.07, 6.45) is 0. The number of hydrogen-bond acceptors (Lipinski definition) is 15. The molecule has 2 aliphatic rings. The van der Waals surface area contributed by atoms with Crippen LogP contribution in [0.3, 0.4) is 0 Å². The molecule has 3 amide bonds. The third-order valence-corrected chi connectivity index (χ3v) is 10.8. The number of oxime groups is 1. The van der Waals surface area contributed by atoms with Crippen LogP contribution in [0.25, 0.3) is 0 Å². The molecule has 0 bridgehead atoms. The van der Waals surface area contributed by atoms with Gasteiger partial charge in [-0.2, -0.15) is 0 Å². The number of benzene rings is 1. The van der Waals surface area contributed by atoms with Crippen molar-refractivity contribution in [3.8, 4) is 11.5 Å². The number of aliphatic carboxylic acids is 2. The maximum atomic E-state index is 13.2. The van der Waals surface area contributed by atoms with E-state index in [1.165, 1.54) is 24.1 Å². The first-order valence-electron chi connectivity index (χ1n) is 12.9. The topological polar surface area (TPSA) is 271 Å². The van der Waals surface area contributed by atoms with Crippen molar-refractivity contribution in [1.29, 1.82) is 0 Å². The number of phenols is 2. The van der Waals surface area contributed by atoms with E-state index in [9.17, 15) is 49.2 Å². The number of carbonyl (C=O) groups is 6. The van der Waals surface area contributed by atoms with Crippen molar-refractivity contribution in [2.24, 2.45) is 5.16 Å². The summed E-state index contributed by atoms with van der Waals surface area (Å²) in [5.41, 5.74) is 3.00. The number of nitrogen functional groups attached to an aromatic ring is 1. The van der Waals surface area contributed by atoms with Crippen LogP contribution in [0.15, 0.2) is 22.7 Å². The molecule has 21 heteroatoms. The summed E-state index contributed by atoms with van der Waals surface area (Å²) in [7, 11) is 0. The molecule has 1 aromatic carbocycles. The predicted molar refractivity (Wildman–Crippen MR) is 166 cm³/mol. The lowest BCUT2D eigenvalue weighted by Gasteiger charge is -2.41. The molecule has 2 saturated heterocycles. The van der Waals surface area contributed by atoms with Crippen molar-refractivity contribution < 1.29 is 54.0 Å². The number of aromatic nitrogens is 1. The van der Waals surface area contributed by atoms with E-state index in [1.54, 1.807) is 0 Å². The quantitative estimate of drug-likeness (QED) is 0.0279. The standard InChI is InChI=1S/C25H25ClN6O11S3/c1-24(2,21(39)40)43-31-14(11-7-44-23(27)29-11)17(36)30-15-19(38)32-8-25(22(41)42,46-20(15)32)45-4-3-28-18(37)16(35)9-5-12(33)13(34)6-10(9)26/h5-7,15,20,33-34H,3-4,8H2,1-2H3,(H2,27,29)(H,28,37)(H,30,36)(H,39,40)(H,41,42)/b31-14-/t15?,20-,25?/m1/s1. The monoisotopic (exact) mass is 716 g/mol. The zero-order valence-electron chi connectivity index (χ0n) is 23.7. The van der Waals surface area contributed by atoms with Gasteiger partial charge in [-0.3, -0.25) is 19.2 Å². The van der Waals surface area contributed by atoms with Crippen LogP contribution in [0.5, 0.6) is 11.5 Å². The summed E-state index contributed by atoms with van der Waals surface area (Å²) in [6.45, 7) is 2.02. The van der Waals surface area contributed by atoms with Crippen LogP contribution in [-0.4, -0.2) is 111 Å². The van der Waals surface area contributed by atoms with E-state index in [4.69, 9.17) is 22.2 Å². The largest absolute Gasteiger partial charge is 0.504 e. The van der Waals surface area contributed by atoms with Gasteiger partial charge in [-0.15, -0.1) is 34.9 Å². The molecule has 8 N–H and O–H groups in total. The highest BCUT2D eigenvalue weighted by atomic mass is 35.5. The predicted octanol–water partition coefficient (Wildman–Crippen LogP) is 0.287. The van der Waals surface area contributed by atoms with E-state index in [2.05, 4.69) is 20.8 Å². The molecule has 2 fully saturated rings. The molecule has 2 unspecified atom stereocenters. The second-order valence-corrected chi connectivity index (χ2v) is 14.5. The minimum atomic E-state index is -1.82. The number of rotatable bonds is 13. The fraction of sp³-hybridized carbons (Fsp3) is 0.360. The van der Waals surface area contributed by atoms with Crippen LogP contribution < -0.4 is 16.4 Å². The summed E-state index contributed by atoms with van der Waals surface area (Å²) in [4.78, 5) is 85.0. The Bertz CT molecular complexity index is 1670. The number of phenolic OH excluding ortho intramolecular Hbond substituents is 2. The number of Topliss-reactive ketones (excluding diaryl/α,β-unsaturated/α-hetero) is 1. The molecule has 4 rings (SSSR count). The Balaban J connectivity index is 1.39. The number of nitrogens with two attached hydrogens (primary N) is 1. The number of hydrogen-bond donors (Lipinski definition) is 7. The van der Waals surface area contributed by atoms with Crippen molar-refractivity contribution in [2.45, 2.75) is 34.9 Å². The Labute approximate surface area is 276 Å². The Kier molecular flexibility index (Phi) is 9.95. The van der Waals surface area contributed by atoms with Gasteiger partial charge in [0.25, 0.3) is 17.6 Å². The molecule has 0 radical (unpaired) electrons. The number of aromatic hydroxyl groups is 2. The molecule has 17 nitrogen and oxygen atoms in total. The molecule has 0 saturated carbocycles. The Morgan fingerprint density at radius 1 is 1.22 bits per heavy atom. The average Bonchev–Trinajstić information content (AvgIpc) is 3.57. The van der Waals surface area contributed by atoms with Crippen molar-refractivity contribution >= 4 is 92.7 Å². The number of anilines is 1. The van der Waals surface area contributed by atoms with Gasteiger partial charge in [-0.05, 0) is 19.9 Å². The van der Waals surface area contributed by atoms with Gasteiger partial charge in [0.2, 0.25) is 11.5 Å². The number of halogens is 1. The number of thioether (sulfide) groups is 2. The first kappa shape index (κ1) is 34.6. The summed E-state index contributed by atoms with van der Waals surface area (Å²) < 4.78 is -1.59. The van der Waals surface area contributed by atoms with Crippen LogP contribution in [0.4, 0.5) is 5.13 Å². The highest BCUT2D eigenvalue weighted by molar-refractivity contribution is 8.20. The fourth-order valence-electron chi connectivity index (χ4n) is 3.99. The number of carbonyl (C=O) groups excluding carboxylic acids is 4. The number of ketones is 1. The number of carboxylic acid groups (broad SMARTS) is 2. The molecule has 1 aromatic heterocycles. The number of nitrogens with zero attached hydrogens (tertiary/aromatic N) is 3. The minimum Gasteiger partial charge on any atom is -0.504 e. The van der Waals surface area contributed by atoms with Gasteiger partial charge < -0.3 is 46.5 Å². The van der Waals surface area contributed by atoms with Gasteiger partial charge in [-0.1, -0.05) is 16.8 Å². The lowest BCUT2D eigenvalue weighted by molar-refractivity contribution is -0.161. The van der Waals surface area contributed by atoms with Crippen LogP contribution >= 0.6 is 46.5 Å². The number of fused-ring (bicyclic) bond motifs is 1. The van der Waals surface area contributed by atoms with E-state index in [0.717, 1.165) is 47.0 Å². The fourth-order valence-corrected chi connectivity index (χ4v) is 7.82. The third kappa shape index (κ3) is 6.93. The highest BCUT2D eigenvalue weighted by Crippen LogP contribution is 2.52. The summed E-state index contributed by atoms with van der Waals surface area (Å²) in [6, 6.07) is 0.569. The summed E-state index contributed by atoms with van der Waals surface area (Å²) in [5, 5.41) is 47.4. The smallest absolute Gasteiger partial charge is 0.350 e. The van der Waals surface area contributed by atoms with E-state index in [1.807, 2.05) is 0 Å². The van der Waals surface area contributed by atoms with Gasteiger partial charge in [-0.25, -0.2) is 14.6 Å². The maximum Gasteiger partial charge on any atom is 0.350 e. The van der Waals surface area contributed by atoms with Crippen LogP contribution in [-0.2, 0) is 28.8 Å². The average molecular weight is 717 g/mol. The van der Waals surface area contributed by atoms with Gasteiger partial charge >= 0.3 is 11.9 Å². The van der Waals surface area contributed by atoms with E-state index in [-0.39, 0.29) is 40.3 Å². The van der Waals surface area contributed by atoms with Gasteiger partial charge in [0.15, 0.2) is 26.4 Å². The van der Waals surface area contributed by atoms with Crippen LogP contribution in [0.1, 0.15) is 29.9 Å². The molecule has 0 aliphatic carbocycles. The van der Waals surface area contributed by atoms with E-state index in [0.29, 0.717) is 0 Å². The number of carboxylic acids is 2. The second-order valence-electron chi connectivity index (χ2n) is 10.2. The van der Waals surface area contributed by atoms with Crippen molar-refractivity contribution in [2.75, 3.05) is 24.6 Å². The van der Waals surface area contributed by atoms with Crippen LogP contribution in [0.2, 0.25) is 5.02 Å². The molecule has 0 spiro atoms. The zero-order valence-corrected chi connectivity index (χ0v) is 26.9. The highest BCUT2D eigenvalue weighted by Gasteiger charge is 2.62. The lowest BCUT2D eigenvalue weighted by atomic mass is 10.1. The van der Waals surface area contributed by atoms with Crippen molar-refractivity contribution in [1.82, 2.24) is 20.5 Å². The van der Waals surface area contributed by atoms with Crippen molar-refractivity contribution in [3.05, 3.63) is 33.8 Å². The molecular weight excluding hydrogens is 692 g/mol. The minimum absolute atomic E-state index is 0.00257. The van der Waals surface area contributed by atoms with E-state index >= 15 is 0 Å². The van der Waals surface area contributed by atoms with E-state index < -0.39 is 73.7 Å². The number of thiazole rings is 1. The molecule has 3 atom stereocenters. The molecule has 3 heterocycles. The number of amides is 3. The Morgan fingerprint density at radius 2 is 1.89 bits per heavy atom. The number of β-lactam (4-membered cyclic amide) rings is 1. The van der Waals surface area contributed by atoms with Gasteiger partial charge in [0.1, 0.15) is 17.1 Å². The summed E-state index contributed by atoms with van der Waals surface area (Å²) >= 11 is 8.65. The molecule has 2 aromatic rings. The second kappa shape index (κ2) is 13.2. The van der Waals surface area contributed by atoms with Gasteiger partial charge in [0, 0.05) is 23.7 Å². The summed E-state index contributed by atoms with van der Waals surface area (Å²) in [5.74, 6) is -7.58. The molecule has 2 aliphatic heterocycles. The maximum absolute atomic E-state index is 13.2. The molecule has 46 heavy (non-hydrogen) atoms. The Morgan fingerprint density at radius 3 is 2.50 bits per heavy atom. The zero-order chi connectivity index (χ0) is 34.1. The first-order chi connectivity index (χ1) is 21.5.